The van der Waals surface area contributed by atoms with Crippen LogP contribution in [0, 0.1) is 0 Å². The van der Waals surface area contributed by atoms with Crippen LogP contribution in [0.5, 0.6) is 0 Å². The summed E-state index contributed by atoms with van der Waals surface area (Å²) in [7, 11) is 0. The summed E-state index contributed by atoms with van der Waals surface area (Å²) in [5, 5.41) is 0. The lowest BCUT2D eigenvalue weighted by atomic mass is 10.0. The van der Waals surface area contributed by atoms with Crippen LogP contribution in [-0.2, 0) is 28.6 Å². The summed E-state index contributed by atoms with van der Waals surface area (Å²) in [4.78, 5) is 38.0. The Morgan fingerprint density at radius 2 is 0.625 bits per heavy atom. The highest BCUT2D eigenvalue weighted by Crippen LogP contribution is 2.15. The van der Waals surface area contributed by atoms with Crippen LogP contribution in [0.3, 0.4) is 0 Å². The first-order valence-corrected chi connectivity index (χ1v) is 26.9. The van der Waals surface area contributed by atoms with Gasteiger partial charge < -0.3 is 14.2 Å². The molecule has 0 saturated heterocycles. The summed E-state index contributed by atoms with van der Waals surface area (Å²) >= 11 is 0. The molecule has 6 heteroatoms. The normalized spacial score (nSPS) is 12.6. The van der Waals surface area contributed by atoms with E-state index in [4.69, 9.17) is 14.2 Å². The Morgan fingerprint density at radius 3 is 1.05 bits per heavy atom. The molecule has 0 aliphatic rings. The molecule has 0 spiro atoms. The second-order valence-electron chi connectivity index (χ2n) is 17.8. The van der Waals surface area contributed by atoms with E-state index in [-0.39, 0.29) is 37.5 Å². The lowest BCUT2D eigenvalue weighted by molar-refractivity contribution is -0.167. The van der Waals surface area contributed by atoms with E-state index in [1.807, 2.05) is 0 Å². The lowest BCUT2D eigenvalue weighted by Gasteiger charge is -2.18. The zero-order valence-electron chi connectivity index (χ0n) is 42.0. The highest BCUT2D eigenvalue weighted by atomic mass is 16.6. The molecule has 1 atom stereocenters. The summed E-state index contributed by atoms with van der Waals surface area (Å²) in [6.45, 7) is 6.46. The number of carbonyl (C=O) groups excluding carboxylic acids is 3. The van der Waals surface area contributed by atoms with Crippen molar-refractivity contribution in [3.8, 4) is 0 Å². The van der Waals surface area contributed by atoms with Gasteiger partial charge in [-0.15, -0.1) is 0 Å². The molecular weight excluding hydrogens is 793 g/mol. The predicted octanol–water partition coefficient (Wildman–Crippen LogP) is 17.8. The van der Waals surface area contributed by atoms with Crippen LogP contribution in [0.1, 0.15) is 258 Å². The number of ether oxygens (including phenoxy) is 3. The number of allylic oxidation sites excluding steroid dienone is 12. The first kappa shape index (κ1) is 60.9. The van der Waals surface area contributed by atoms with Crippen molar-refractivity contribution >= 4 is 17.9 Å². The number of unbranched alkanes of at least 4 members (excludes halogenated alkanes) is 25. The molecule has 0 amide bonds. The fourth-order valence-electron chi connectivity index (χ4n) is 7.41. The molecule has 0 aromatic carbocycles. The van der Waals surface area contributed by atoms with Crippen molar-refractivity contribution in [1.82, 2.24) is 0 Å². The molecule has 0 N–H and O–H groups in total. The van der Waals surface area contributed by atoms with Gasteiger partial charge in [0.2, 0.25) is 0 Å². The number of esters is 3. The molecule has 0 saturated carbocycles. The van der Waals surface area contributed by atoms with Crippen LogP contribution < -0.4 is 0 Å². The second-order valence-corrected chi connectivity index (χ2v) is 17.8. The largest absolute Gasteiger partial charge is 0.462 e. The Morgan fingerprint density at radius 1 is 0.328 bits per heavy atom. The number of rotatable bonds is 48. The molecule has 0 heterocycles. The number of carbonyl (C=O) groups is 3. The molecule has 368 valence electrons. The van der Waals surface area contributed by atoms with Crippen LogP contribution in [0.25, 0.3) is 0 Å². The SMILES string of the molecule is CC/C=C\C/C=C\CCCCCCCCCC(=O)OCC(COC(=O)CCC/C=C\C/C=C\C/C=C\C/C=C\CCCCC)OC(=O)CCCCCCCCCCCCCCCCC. The minimum absolute atomic E-state index is 0.0950. The molecule has 0 bridgehead atoms. The third-order valence-corrected chi connectivity index (χ3v) is 11.4. The third kappa shape index (κ3) is 49.9. The molecule has 0 aliphatic carbocycles. The molecule has 0 rings (SSSR count). The fraction of sp³-hybridized carbons (Fsp3) is 0.741. The predicted molar refractivity (Wildman–Crippen MR) is 274 cm³/mol. The van der Waals surface area contributed by atoms with Gasteiger partial charge in [0.1, 0.15) is 13.2 Å². The Balaban J connectivity index is 4.46. The van der Waals surface area contributed by atoms with Gasteiger partial charge in [-0.1, -0.05) is 229 Å². The highest BCUT2D eigenvalue weighted by Gasteiger charge is 2.19. The first-order chi connectivity index (χ1) is 31.5. The smallest absolute Gasteiger partial charge is 0.306 e. The summed E-state index contributed by atoms with van der Waals surface area (Å²) in [5.74, 6) is -0.955. The first-order valence-electron chi connectivity index (χ1n) is 26.9. The minimum atomic E-state index is -0.798. The maximum Gasteiger partial charge on any atom is 0.306 e. The van der Waals surface area contributed by atoms with Gasteiger partial charge in [-0.2, -0.15) is 0 Å². The van der Waals surface area contributed by atoms with Crippen molar-refractivity contribution in [2.24, 2.45) is 0 Å². The van der Waals surface area contributed by atoms with Crippen molar-refractivity contribution in [3.63, 3.8) is 0 Å². The van der Waals surface area contributed by atoms with Gasteiger partial charge in [-0.3, -0.25) is 14.4 Å². The molecule has 0 aliphatic heterocycles. The molecule has 0 aromatic heterocycles. The average Bonchev–Trinajstić information content (AvgIpc) is 3.29. The maximum atomic E-state index is 12.8. The molecule has 0 aromatic rings. The van der Waals surface area contributed by atoms with E-state index >= 15 is 0 Å². The van der Waals surface area contributed by atoms with E-state index in [0.717, 1.165) is 83.5 Å². The van der Waals surface area contributed by atoms with Gasteiger partial charge in [0.15, 0.2) is 6.10 Å². The molecule has 6 nitrogen and oxygen atoms in total. The summed E-state index contributed by atoms with van der Waals surface area (Å²) in [6, 6.07) is 0. The molecular formula is C58H100O6. The zero-order valence-corrected chi connectivity index (χ0v) is 42.0. The quantitative estimate of drug-likeness (QED) is 0.0262. The van der Waals surface area contributed by atoms with Gasteiger partial charge in [0.05, 0.1) is 0 Å². The van der Waals surface area contributed by atoms with Crippen LogP contribution in [0.15, 0.2) is 72.9 Å². The summed E-state index contributed by atoms with van der Waals surface area (Å²) in [6.07, 6.45) is 66.0. The zero-order chi connectivity index (χ0) is 46.5. The highest BCUT2D eigenvalue weighted by molar-refractivity contribution is 5.71. The molecule has 64 heavy (non-hydrogen) atoms. The standard InChI is InChI=1S/C58H100O6/c1-4-7-10-13-16-19-22-25-28-29-31-33-36-39-42-45-48-51-57(60)63-54-55(53-62-56(59)50-47-44-41-38-35-32-27-24-21-18-15-12-9-6-3)64-58(61)52-49-46-43-40-37-34-30-26-23-20-17-14-11-8-5-2/h9,12,16,18-19,21,25,28,31,33,39,42,55H,4-8,10-11,13-15,17,20,22-24,26-27,29-30,32,34-38,40-41,43-54H2,1-3H3/b12-9-,19-16-,21-18-,28-25-,33-31-,42-39-. The monoisotopic (exact) mass is 893 g/mol. The van der Waals surface area contributed by atoms with Crippen LogP contribution in [-0.4, -0.2) is 37.2 Å². The molecule has 0 fully saturated rings. The molecule has 1 unspecified atom stereocenters. The average molecular weight is 893 g/mol. The Hall–Kier alpha value is -3.15. The number of hydrogen-bond donors (Lipinski definition) is 0. The Kier molecular flexibility index (Phi) is 49.9. The maximum absolute atomic E-state index is 12.8. The van der Waals surface area contributed by atoms with Crippen molar-refractivity contribution < 1.29 is 28.6 Å². The van der Waals surface area contributed by atoms with E-state index < -0.39 is 6.10 Å². The molecule has 0 radical (unpaired) electrons. The topological polar surface area (TPSA) is 78.9 Å². The van der Waals surface area contributed by atoms with Crippen LogP contribution in [0.2, 0.25) is 0 Å². The van der Waals surface area contributed by atoms with Crippen molar-refractivity contribution in [3.05, 3.63) is 72.9 Å². The minimum Gasteiger partial charge on any atom is -0.462 e. The summed E-state index contributed by atoms with van der Waals surface area (Å²) in [5.41, 5.74) is 0. The third-order valence-electron chi connectivity index (χ3n) is 11.4. The van der Waals surface area contributed by atoms with E-state index in [0.29, 0.717) is 19.3 Å². The van der Waals surface area contributed by atoms with Crippen molar-refractivity contribution in [2.45, 2.75) is 264 Å². The second kappa shape index (κ2) is 52.5. The van der Waals surface area contributed by atoms with Crippen molar-refractivity contribution in [1.29, 1.82) is 0 Å². The Labute approximate surface area is 395 Å². The van der Waals surface area contributed by atoms with E-state index in [2.05, 4.69) is 93.7 Å². The number of hydrogen-bond acceptors (Lipinski definition) is 6. The van der Waals surface area contributed by atoms with E-state index in [9.17, 15) is 14.4 Å². The van der Waals surface area contributed by atoms with E-state index in [1.165, 1.54) is 128 Å². The van der Waals surface area contributed by atoms with Gasteiger partial charge >= 0.3 is 17.9 Å². The van der Waals surface area contributed by atoms with Gasteiger partial charge in [-0.25, -0.2) is 0 Å². The summed E-state index contributed by atoms with van der Waals surface area (Å²) < 4.78 is 16.8. The van der Waals surface area contributed by atoms with E-state index in [1.54, 1.807) is 0 Å². The van der Waals surface area contributed by atoms with Gasteiger partial charge in [-0.05, 0) is 83.5 Å². The van der Waals surface area contributed by atoms with Crippen LogP contribution >= 0.6 is 0 Å². The van der Waals surface area contributed by atoms with Gasteiger partial charge in [0, 0.05) is 19.3 Å². The van der Waals surface area contributed by atoms with Gasteiger partial charge in [0.25, 0.3) is 0 Å². The van der Waals surface area contributed by atoms with Crippen LogP contribution in [0.4, 0.5) is 0 Å². The lowest BCUT2D eigenvalue weighted by Crippen LogP contribution is -2.30. The fourth-order valence-corrected chi connectivity index (χ4v) is 7.41. The van der Waals surface area contributed by atoms with Crippen molar-refractivity contribution in [2.75, 3.05) is 13.2 Å². The Bertz CT molecular complexity index is 1210.